The van der Waals surface area contributed by atoms with Crippen LogP contribution in [-0.2, 0) is 4.79 Å². The zero-order chi connectivity index (χ0) is 21.3. The highest BCUT2D eigenvalue weighted by Crippen LogP contribution is 2.23. The molecule has 0 aromatic heterocycles. The molecule has 0 bridgehead atoms. The fourth-order valence-electron chi connectivity index (χ4n) is 2.36. The lowest BCUT2D eigenvalue weighted by molar-refractivity contribution is -0.123. The largest absolute Gasteiger partial charge is 0.483 e. The Bertz CT molecular complexity index is 1090. The van der Waals surface area contributed by atoms with Crippen LogP contribution < -0.4 is 14.9 Å². The Morgan fingerprint density at radius 2 is 1.67 bits per heavy atom. The highest BCUT2D eigenvalue weighted by Gasteiger charge is 2.12. The number of hydrazone groups is 1. The van der Waals surface area contributed by atoms with Crippen LogP contribution in [0.2, 0.25) is 0 Å². The summed E-state index contributed by atoms with van der Waals surface area (Å²) in [5.41, 5.74) is 3.47. The van der Waals surface area contributed by atoms with Crippen LogP contribution in [0.1, 0.15) is 15.9 Å². The van der Waals surface area contributed by atoms with Gasteiger partial charge in [-0.05, 0) is 73.8 Å². The molecule has 152 valence electrons. The number of amides is 1. The molecule has 3 rings (SSSR count). The number of esters is 1. The van der Waals surface area contributed by atoms with Crippen LogP contribution in [0.25, 0.3) is 0 Å². The molecule has 0 aliphatic heterocycles. The van der Waals surface area contributed by atoms with Gasteiger partial charge in [-0.15, -0.1) is 0 Å². The fourth-order valence-corrected chi connectivity index (χ4v) is 3.21. The fraction of sp³-hybridized carbons (Fsp3) is 0.0455. The third-order valence-electron chi connectivity index (χ3n) is 3.76. The summed E-state index contributed by atoms with van der Waals surface area (Å²) in [5.74, 6) is 0.0482. The predicted octanol–water partition coefficient (Wildman–Crippen LogP) is 4.96. The van der Waals surface area contributed by atoms with E-state index in [1.165, 1.54) is 6.21 Å². The first kappa shape index (κ1) is 21.7. The third kappa shape index (κ3) is 6.27. The van der Waals surface area contributed by atoms with E-state index in [0.717, 1.165) is 4.47 Å². The molecule has 0 radical (unpaired) electrons. The van der Waals surface area contributed by atoms with E-state index in [4.69, 9.17) is 9.47 Å². The van der Waals surface area contributed by atoms with E-state index >= 15 is 0 Å². The van der Waals surface area contributed by atoms with Crippen molar-refractivity contribution in [2.45, 2.75) is 0 Å². The molecule has 0 spiro atoms. The number of hydrogen-bond donors (Lipinski definition) is 1. The zero-order valence-corrected chi connectivity index (χ0v) is 18.7. The molecule has 0 saturated carbocycles. The van der Waals surface area contributed by atoms with Crippen LogP contribution in [0.3, 0.4) is 0 Å². The minimum Gasteiger partial charge on any atom is -0.483 e. The molecule has 0 aliphatic carbocycles. The van der Waals surface area contributed by atoms with Crippen molar-refractivity contribution in [1.82, 2.24) is 5.43 Å². The van der Waals surface area contributed by atoms with Gasteiger partial charge in [-0.2, -0.15) is 5.10 Å². The van der Waals surface area contributed by atoms with Gasteiger partial charge in [-0.1, -0.05) is 36.4 Å². The van der Waals surface area contributed by atoms with Crippen molar-refractivity contribution < 1.29 is 19.1 Å². The van der Waals surface area contributed by atoms with Gasteiger partial charge in [0.2, 0.25) is 0 Å². The summed E-state index contributed by atoms with van der Waals surface area (Å²) in [6.45, 7) is -0.177. The van der Waals surface area contributed by atoms with Crippen LogP contribution >= 0.6 is 31.9 Å². The SMILES string of the molecule is O=C(COc1ccccc1Br)NN=Cc1cccc(OC(=O)c2ccccc2Br)c1. The van der Waals surface area contributed by atoms with Crippen LogP contribution in [0, 0.1) is 0 Å². The van der Waals surface area contributed by atoms with Gasteiger partial charge in [0, 0.05) is 4.47 Å². The second kappa shape index (κ2) is 10.7. The smallest absolute Gasteiger partial charge is 0.344 e. The number of carbonyl (C=O) groups is 2. The minimum absolute atomic E-state index is 0.177. The van der Waals surface area contributed by atoms with Crippen molar-refractivity contribution >= 4 is 50.0 Å². The number of nitrogens with zero attached hydrogens (tertiary/aromatic N) is 1. The zero-order valence-electron chi connectivity index (χ0n) is 15.5. The Morgan fingerprint density at radius 3 is 2.43 bits per heavy atom. The number of ether oxygens (including phenoxy) is 2. The van der Waals surface area contributed by atoms with Crippen molar-refractivity contribution in [2.75, 3.05) is 6.61 Å². The predicted molar refractivity (Wildman–Crippen MR) is 121 cm³/mol. The van der Waals surface area contributed by atoms with Gasteiger partial charge in [0.05, 0.1) is 16.3 Å². The van der Waals surface area contributed by atoms with Crippen molar-refractivity contribution in [1.29, 1.82) is 0 Å². The summed E-state index contributed by atoms with van der Waals surface area (Å²) >= 11 is 6.68. The van der Waals surface area contributed by atoms with Gasteiger partial charge in [0.1, 0.15) is 11.5 Å². The number of para-hydroxylation sites is 1. The maximum absolute atomic E-state index is 12.3. The molecule has 0 fully saturated rings. The second-order valence-corrected chi connectivity index (χ2v) is 7.66. The molecule has 6 nitrogen and oxygen atoms in total. The molecule has 0 saturated heterocycles. The maximum atomic E-state index is 12.3. The number of hydrogen-bond acceptors (Lipinski definition) is 5. The Morgan fingerprint density at radius 1 is 0.933 bits per heavy atom. The van der Waals surface area contributed by atoms with Crippen molar-refractivity contribution in [2.24, 2.45) is 5.10 Å². The molecule has 1 N–H and O–H groups in total. The highest BCUT2D eigenvalue weighted by molar-refractivity contribution is 9.10. The molecule has 0 aliphatic rings. The van der Waals surface area contributed by atoms with E-state index in [0.29, 0.717) is 27.1 Å². The standard InChI is InChI=1S/C22H16Br2N2O4/c23-18-9-2-1-8-17(18)22(28)30-16-7-5-6-15(12-16)13-25-26-21(27)14-29-20-11-4-3-10-19(20)24/h1-13H,14H2,(H,26,27). The van der Waals surface area contributed by atoms with E-state index in [1.54, 1.807) is 48.5 Å². The molecular weight excluding hydrogens is 516 g/mol. The summed E-state index contributed by atoms with van der Waals surface area (Å²) in [6.07, 6.45) is 1.45. The molecule has 3 aromatic rings. The van der Waals surface area contributed by atoms with E-state index < -0.39 is 11.9 Å². The lowest BCUT2D eigenvalue weighted by atomic mass is 10.2. The van der Waals surface area contributed by atoms with Crippen LogP contribution in [-0.4, -0.2) is 24.7 Å². The molecule has 8 heteroatoms. The molecule has 0 heterocycles. The third-order valence-corrected chi connectivity index (χ3v) is 5.11. The molecule has 0 unspecified atom stereocenters. The number of halogens is 2. The molecular formula is C22H16Br2N2O4. The normalized spacial score (nSPS) is 10.6. The number of benzene rings is 3. The van der Waals surface area contributed by atoms with E-state index in [2.05, 4.69) is 42.4 Å². The summed E-state index contributed by atoms with van der Waals surface area (Å²) in [6, 6.07) is 21.0. The monoisotopic (exact) mass is 530 g/mol. The van der Waals surface area contributed by atoms with Crippen LogP contribution in [0.15, 0.2) is 86.8 Å². The average molecular weight is 532 g/mol. The summed E-state index contributed by atoms with van der Waals surface area (Å²) in [5, 5.41) is 3.90. The van der Waals surface area contributed by atoms with Crippen LogP contribution in [0.4, 0.5) is 0 Å². The first-order chi connectivity index (χ1) is 14.5. The van der Waals surface area contributed by atoms with Crippen molar-refractivity contribution in [3.63, 3.8) is 0 Å². The van der Waals surface area contributed by atoms with Gasteiger partial charge in [-0.3, -0.25) is 4.79 Å². The number of rotatable bonds is 7. The Hall–Kier alpha value is -2.97. The van der Waals surface area contributed by atoms with Gasteiger partial charge in [0.15, 0.2) is 6.61 Å². The first-order valence-corrected chi connectivity index (χ1v) is 10.4. The average Bonchev–Trinajstić information content (AvgIpc) is 2.74. The van der Waals surface area contributed by atoms with Gasteiger partial charge in [-0.25, -0.2) is 10.2 Å². The topological polar surface area (TPSA) is 77.0 Å². The van der Waals surface area contributed by atoms with E-state index in [-0.39, 0.29) is 6.61 Å². The van der Waals surface area contributed by atoms with E-state index in [9.17, 15) is 9.59 Å². The van der Waals surface area contributed by atoms with Gasteiger partial charge in [0.25, 0.3) is 5.91 Å². The molecule has 0 atom stereocenters. The lowest BCUT2D eigenvalue weighted by Gasteiger charge is -2.07. The van der Waals surface area contributed by atoms with Gasteiger partial charge >= 0.3 is 5.97 Å². The Kier molecular flexibility index (Phi) is 7.75. The summed E-state index contributed by atoms with van der Waals surface area (Å²) < 4.78 is 12.2. The quantitative estimate of drug-likeness (QED) is 0.202. The second-order valence-electron chi connectivity index (χ2n) is 5.95. The van der Waals surface area contributed by atoms with Gasteiger partial charge < -0.3 is 9.47 Å². The Labute approximate surface area is 190 Å². The minimum atomic E-state index is -0.478. The van der Waals surface area contributed by atoms with Crippen molar-refractivity contribution in [3.8, 4) is 11.5 Å². The molecule has 3 aromatic carbocycles. The highest BCUT2D eigenvalue weighted by atomic mass is 79.9. The summed E-state index contributed by atoms with van der Waals surface area (Å²) in [7, 11) is 0. The van der Waals surface area contributed by atoms with E-state index in [1.807, 2.05) is 24.3 Å². The Balaban J connectivity index is 1.54. The van der Waals surface area contributed by atoms with Crippen molar-refractivity contribution in [3.05, 3.63) is 92.9 Å². The number of carbonyl (C=O) groups excluding carboxylic acids is 2. The first-order valence-electron chi connectivity index (χ1n) is 8.79. The number of nitrogens with one attached hydrogen (secondary N) is 1. The maximum Gasteiger partial charge on any atom is 0.344 e. The molecule has 30 heavy (non-hydrogen) atoms. The van der Waals surface area contributed by atoms with Crippen LogP contribution in [0.5, 0.6) is 11.5 Å². The lowest BCUT2D eigenvalue weighted by Crippen LogP contribution is -2.24. The summed E-state index contributed by atoms with van der Waals surface area (Å²) in [4.78, 5) is 24.2. The molecule has 1 amide bonds.